The summed E-state index contributed by atoms with van der Waals surface area (Å²) < 4.78 is 5.58. The molecule has 1 heterocycles. The van der Waals surface area contributed by atoms with E-state index in [4.69, 9.17) is 10.5 Å². The second kappa shape index (κ2) is 8.45. The molecule has 1 unspecified atom stereocenters. The van der Waals surface area contributed by atoms with Gasteiger partial charge in [-0.05, 0) is 32.9 Å². The molecule has 2 N–H and O–H groups in total. The molecule has 0 saturated carbocycles. The van der Waals surface area contributed by atoms with Crippen LogP contribution in [-0.4, -0.2) is 68.7 Å². The minimum Gasteiger partial charge on any atom is -0.377 e. The van der Waals surface area contributed by atoms with Gasteiger partial charge in [-0.25, -0.2) is 0 Å². The Morgan fingerprint density at radius 1 is 1.39 bits per heavy atom. The van der Waals surface area contributed by atoms with E-state index in [1.807, 2.05) is 7.05 Å². The van der Waals surface area contributed by atoms with Crippen LogP contribution in [0.2, 0.25) is 0 Å². The second-order valence-corrected chi connectivity index (χ2v) is 5.10. The number of likely N-dealkylation sites (N-methyl/N-ethyl adjacent to an activating group) is 1. The van der Waals surface area contributed by atoms with Crippen molar-refractivity contribution in [3.05, 3.63) is 0 Å². The van der Waals surface area contributed by atoms with Crippen molar-refractivity contribution < 1.29 is 9.53 Å². The van der Waals surface area contributed by atoms with Gasteiger partial charge < -0.3 is 20.3 Å². The fraction of sp³-hybridized carbons (Fsp3) is 0.923. The second-order valence-electron chi connectivity index (χ2n) is 5.10. The Morgan fingerprint density at radius 3 is 2.78 bits per heavy atom. The number of ether oxygens (including phenoxy) is 1. The number of rotatable bonds is 8. The van der Waals surface area contributed by atoms with Crippen molar-refractivity contribution in [2.24, 2.45) is 5.73 Å². The predicted octanol–water partition coefficient (Wildman–Crippen LogP) is 0.295. The standard InChI is InChI=1S/C13H27N3O2/c1-15(11-12-5-3-10-18-12)9-6-13(17)16(2)8-4-7-14/h12H,3-11,14H2,1-2H3. The summed E-state index contributed by atoms with van der Waals surface area (Å²) in [5.74, 6) is 0.197. The number of nitrogens with zero attached hydrogens (tertiary/aromatic N) is 2. The number of carbonyl (C=O) groups is 1. The average molecular weight is 257 g/mol. The topological polar surface area (TPSA) is 58.8 Å². The minimum absolute atomic E-state index is 0.197. The van der Waals surface area contributed by atoms with Crippen LogP contribution in [0.25, 0.3) is 0 Å². The molecule has 1 rings (SSSR count). The molecule has 1 saturated heterocycles. The summed E-state index contributed by atoms with van der Waals surface area (Å²) in [7, 11) is 3.90. The first kappa shape index (κ1) is 15.4. The molecule has 1 atom stereocenters. The monoisotopic (exact) mass is 257 g/mol. The number of carbonyl (C=O) groups excluding carboxylic acids is 1. The molecule has 0 aliphatic carbocycles. The first-order valence-electron chi connectivity index (χ1n) is 6.87. The van der Waals surface area contributed by atoms with Gasteiger partial charge in [-0.2, -0.15) is 0 Å². The summed E-state index contributed by atoms with van der Waals surface area (Å²) in [6, 6.07) is 0. The first-order chi connectivity index (χ1) is 8.63. The van der Waals surface area contributed by atoms with Crippen molar-refractivity contribution in [1.82, 2.24) is 9.80 Å². The third kappa shape index (κ3) is 5.80. The van der Waals surface area contributed by atoms with Crippen molar-refractivity contribution >= 4 is 5.91 Å². The van der Waals surface area contributed by atoms with Crippen molar-refractivity contribution in [3.63, 3.8) is 0 Å². The van der Waals surface area contributed by atoms with Crippen LogP contribution in [0.15, 0.2) is 0 Å². The molecule has 1 fully saturated rings. The Bertz CT molecular complexity index is 242. The minimum atomic E-state index is 0.197. The van der Waals surface area contributed by atoms with Crippen molar-refractivity contribution in [2.75, 3.05) is 46.9 Å². The predicted molar refractivity (Wildman–Crippen MR) is 72.4 cm³/mol. The van der Waals surface area contributed by atoms with Crippen molar-refractivity contribution in [3.8, 4) is 0 Å². The maximum Gasteiger partial charge on any atom is 0.223 e. The lowest BCUT2D eigenvalue weighted by Gasteiger charge is -2.22. The fourth-order valence-corrected chi connectivity index (χ4v) is 2.16. The summed E-state index contributed by atoms with van der Waals surface area (Å²) >= 11 is 0. The fourth-order valence-electron chi connectivity index (χ4n) is 2.16. The average Bonchev–Trinajstić information content (AvgIpc) is 2.85. The molecule has 5 nitrogen and oxygen atoms in total. The van der Waals surface area contributed by atoms with E-state index in [1.54, 1.807) is 4.90 Å². The zero-order chi connectivity index (χ0) is 13.4. The van der Waals surface area contributed by atoms with Crippen LogP contribution in [0.5, 0.6) is 0 Å². The summed E-state index contributed by atoms with van der Waals surface area (Å²) in [6.07, 6.45) is 4.12. The molecule has 106 valence electrons. The zero-order valence-electron chi connectivity index (χ0n) is 11.7. The Hall–Kier alpha value is -0.650. The lowest BCUT2D eigenvalue weighted by atomic mass is 10.2. The zero-order valence-corrected chi connectivity index (χ0v) is 11.7. The van der Waals surface area contributed by atoms with E-state index in [0.717, 1.165) is 39.1 Å². The summed E-state index contributed by atoms with van der Waals surface area (Å²) in [5, 5.41) is 0. The molecule has 0 aromatic carbocycles. The van der Waals surface area contributed by atoms with Crippen LogP contribution in [-0.2, 0) is 9.53 Å². The quantitative estimate of drug-likeness (QED) is 0.679. The molecule has 18 heavy (non-hydrogen) atoms. The summed E-state index contributed by atoms with van der Waals surface area (Å²) in [5.41, 5.74) is 5.43. The van der Waals surface area contributed by atoms with E-state index < -0.39 is 0 Å². The van der Waals surface area contributed by atoms with Gasteiger partial charge >= 0.3 is 0 Å². The lowest BCUT2D eigenvalue weighted by Crippen LogP contribution is -2.34. The van der Waals surface area contributed by atoms with E-state index in [2.05, 4.69) is 11.9 Å². The van der Waals surface area contributed by atoms with Gasteiger partial charge in [0, 0.05) is 39.7 Å². The summed E-state index contributed by atoms with van der Waals surface area (Å²) in [6.45, 7) is 4.01. The lowest BCUT2D eigenvalue weighted by molar-refractivity contribution is -0.130. The molecule has 1 aliphatic heterocycles. The van der Waals surface area contributed by atoms with Crippen molar-refractivity contribution in [2.45, 2.75) is 31.8 Å². The van der Waals surface area contributed by atoms with Gasteiger partial charge in [0.25, 0.3) is 0 Å². The Labute approximate surface area is 110 Å². The first-order valence-corrected chi connectivity index (χ1v) is 6.87. The molecule has 5 heteroatoms. The van der Waals surface area contributed by atoms with Crippen LogP contribution in [0, 0.1) is 0 Å². The molecule has 0 aromatic heterocycles. The van der Waals surface area contributed by atoms with Gasteiger partial charge in [-0.1, -0.05) is 0 Å². The van der Waals surface area contributed by atoms with E-state index >= 15 is 0 Å². The molecular weight excluding hydrogens is 230 g/mol. The smallest absolute Gasteiger partial charge is 0.223 e. The van der Waals surface area contributed by atoms with Gasteiger partial charge in [-0.15, -0.1) is 0 Å². The van der Waals surface area contributed by atoms with E-state index in [-0.39, 0.29) is 5.91 Å². The van der Waals surface area contributed by atoms with E-state index in [1.165, 1.54) is 6.42 Å². The Kier molecular flexibility index (Phi) is 7.23. The molecule has 1 aliphatic rings. The van der Waals surface area contributed by atoms with Crippen LogP contribution < -0.4 is 5.73 Å². The Morgan fingerprint density at radius 2 is 2.17 bits per heavy atom. The van der Waals surface area contributed by atoms with E-state index in [9.17, 15) is 4.79 Å². The molecular formula is C13H27N3O2. The van der Waals surface area contributed by atoms with Crippen LogP contribution in [0.1, 0.15) is 25.7 Å². The molecule has 0 bridgehead atoms. The molecule has 0 spiro atoms. The normalized spacial score (nSPS) is 19.4. The Balaban J connectivity index is 2.12. The highest BCUT2D eigenvalue weighted by molar-refractivity contribution is 5.76. The van der Waals surface area contributed by atoms with E-state index in [0.29, 0.717) is 19.1 Å². The van der Waals surface area contributed by atoms with Gasteiger partial charge in [0.2, 0.25) is 5.91 Å². The van der Waals surface area contributed by atoms with Gasteiger partial charge in [0.05, 0.1) is 6.10 Å². The largest absolute Gasteiger partial charge is 0.377 e. The number of hydrogen-bond donors (Lipinski definition) is 1. The third-order valence-corrected chi connectivity index (χ3v) is 3.37. The number of nitrogens with two attached hydrogens (primary N) is 1. The SMILES string of the molecule is CN(CCC(=O)N(C)CCCN)CC1CCCO1. The van der Waals surface area contributed by atoms with Crippen LogP contribution in [0.4, 0.5) is 0 Å². The van der Waals surface area contributed by atoms with Crippen LogP contribution in [0.3, 0.4) is 0 Å². The number of amides is 1. The number of hydrogen-bond acceptors (Lipinski definition) is 4. The highest BCUT2D eigenvalue weighted by atomic mass is 16.5. The maximum absolute atomic E-state index is 11.8. The maximum atomic E-state index is 11.8. The van der Waals surface area contributed by atoms with Gasteiger partial charge in [-0.3, -0.25) is 4.79 Å². The highest BCUT2D eigenvalue weighted by Gasteiger charge is 2.18. The summed E-state index contributed by atoms with van der Waals surface area (Å²) in [4.78, 5) is 15.8. The van der Waals surface area contributed by atoms with Crippen molar-refractivity contribution in [1.29, 1.82) is 0 Å². The van der Waals surface area contributed by atoms with Gasteiger partial charge in [0.1, 0.15) is 0 Å². The molecule has 1 amide bonds. The van der Waals surface area contributed by atoms with Crippen LogP contribution >= 0.6 is 0 Å². The third-order valence-electron chi connectivity index (χ3n) is 3.37. The molecule has 0 radical (unpaired) electrons. The molecule has 0 aromatic rings. The van der Waals surface area contributed by atoms with Gasteiger partial charge in [0.15, 0.2) is 0 Å². The highest BCUT2D eigenvalue weighted by Crippen LogP contribution is 2.12.